The monoisotopic (exact) mass is 630 g/mol. The standard InChI is InChI=1S/C25H15N4O2S.Pt/c30-25-27-19-7-1-2-8-20(19)29(25)22-9-4-10-23(28-22)31-17-6-3-5-16(15-17)24-18-12-14-32-21(18)11-13-26-24;/h1-14H,(H,27,30);/q-1;. The molecule has 0 aliphatic rings. The van der Waals surface area contributed by atoms with Crippen molar-refractivity contribution in [2.75, 3.05) is 0 Å². The van der Waals surface area contributed by atoms with Crippen LogP contribution in [0.4, 0.5) is 0 Å². The van der Waals surface area contributed by atoms with Gasteiger partial charge in [0.15, 0.2) is 0 Å². The summed E-state index contributed by atoms with van der Waals surface area (Å²) in [6, 6.07) is 25.8. The number of nitrogens with zero attached hydrogens (tertiary/aromatic N) is 4. The van der Waals surface area contributed by atoms with Crippen molar-refractivity contribution in [1.29, 1.82) is 0 Å². The molecule has 0 radical (unpaired) electrons. The van der Waals surface area contributed by atoms with Crippen molar-refractivity contribution < 1.29 is 30.9 Å². The van der Waals surface area contributed by atoms with Gasteiger partial charge in [-0.15, -0.1) is 35.1 Å². The summed E-state index contributed by atoms with van der Waals surface area (Å²) in [5, 5.41) is 13.5. The van der Waals surface area contributed by atoms with E-state index in [9.17, 15) is 5.11 Å². The van der Waals surface area contributed by atoms with E-state index < -0.39 is 0 Å². The second-order valence-electron chi connectivity index (χ2n) is 7.09. The van der Waals surface area contributed by atoms with Gasteiger partial charge in [0.05, 0.1) is 11.0 Å². The first-order valence-corrected chi connectivity index (χ1v) is 10.8. The van der Waals surface area contributed by atoms with Crippen LogP contribution in [0.1, 0.15) is 0 Å². The Morgan fingerprint density at radius 3 is 2.73 bits per heavy atom. The van der Waals surface area contributed by atoms with Crippen LogP contribution >= 0.6 is 11.3 Å². The molecule has 4 aromatic heterocycles. The number of para-hydroxylation sites is 2. The van der Waals surface area contributed by atoms with Crippen LogP contribution in [0.15, 0.2) is 84.4 Å². The second-order valence-corrected chi connectivity index (χ2v) is 8.04. The molecular formula is C25H15N4O2PtS-. The Bertz CT molecular complexity index is 1590. The van der Waals surface area contributed by atoms with Crippen LogP contribution in [-0.4, -0.2) is 24.6 Å². The van der Waals surface area contributed by atoms with E-state index >= 15 is 0 Å². The quantitative estimate of drug-likeness (QED) is 0.242. The molecule has 2 aromatic carbocycles. The zero-order valence-electron chi connectivity index (χ0n) is 17.0. The van der Waals surface area contributed by atoms with E-state index in [0.717, 1.165) is 22.2 Å². The number of imidazole rings is 1. The summed E-state index contributed by atoms with van der Waals surface area (Å²) >= 11 is 1.68. The van der Waals surface area contributed by atoms with Gasteiger partial charge in [0.1, 0.15) is 5.82 Å². The normalized spacial score (nSPS) is 10.9. The molecular weight excluding hydrogens is 615 g/mol. The number of benzene rings is 2. The molecule has 6 nitrogen and oxygen atoms in total. The number of pyridine rings is 2. The van der Waals surface area contributed by atoms with Crippen molar-refractivity contribution >= 4 is 32.5 Å². The number of hydrogen-bond acceptors (Lipinski definition) is 6. The molecule has 8 heteroatoms. The number of ether oxygens (including phenoxy) is 1. The fourth-order valence-electron chi connectivity index (χ4n) is 3.69. The summed E-state index contributed by atoms with van der Waals surface area (Å²) in [4.78, 5) is 13.3. The predicted octanol–water partition coefficient (Wildman–Crippen LogP) is 5.99. The second kappa shape index (κ2) is 8.77. The molecule has 0 spiro atoms. The van der Waals surface area contributed by atoms with Crippen molar-refractivity contribution in [3.8, 4) is 34.7 Å². The van der Waals surface area contributed by atoms with Gasteiger partial charge in [-0.1, -0.05) is 30.3 Å². The van der Waals surface area contributed by atoms with Gasteiger partial charge in [0, 0.05) is 43.8 Å². The van der Waals surface area contributed by atoms with Crippen molar-refractivity contribution in [3.05, 3.63) is 90.4 Å². The fourth-order valence-corrected chi connectivity index (χ4v) is 4.47. The van der Waals surface area contributed by atoms with E-state index in [0.29, 0.717) is 23.0 Å². The maximum Gasteiger partial charge on any atom is 0.300 e. The van der Waals surface area contributed by atoms with Gasteiger partial charge < -0.3 is 14.8 Å². The third-order valence-electron chi connectivity index (χ3n) is 5.10. The molecule has 164 valence electrons. The fraction of sp³-hybridized carbons (Fsp3) is 0. The van der Waals surface area contributed by atoms with Gasteiger partial charge in [-0.25, -0.2) is 4.57 Å². The van der Waals surface area contributed by atoms with Crippen LogP contribution in [0.25, 0.3) is 38.2 Å². The zero-order chi connectivity index (χ0) is 21.5. The summed E-state index contributed by atoms with van der Waals surface area (Å²) in [6.45, 7) is 0. The van der Waals surface area contributed by atoms with Crippen molar-refractivity contribution in [1.82, 2.24) is 19.5 Å². The molecule has 0 bridgehead atoms. The average molecular weight is 631 g/mol. The number of aromatic hydroxyl groups is 1. The van der Waals surface area contributed by atoms with Gasteiger partial charge in [-0.05, 0) is 40.7 Å². The van der Waals surface area contributed by atoms with Crippen LogP contribution in [0.3, 0.4) is 0 Å². The van der Waals surface area contributed by atoms with Crippen LogP contribution in [0.2, 0.25) is 0 Å². The Morgan fingerprint density at radius 1 is 0.909 bits per heavy atom. The van der Waals surface area contributed by atoms with Crippen molar-refractivity contribution in [2.24, 2.45) is 0 Å². The Labute approximate surface area is 207 Å². The molecule has 0 unspecified atom stereocenters. The number of aromatic nitrogens is 4. The molecule has 0 fully saturated rings. The SMILES string of the molecule is Oc1nc2ccccc2n1-c1cccc(Oc2[c-]c(-c3nccc4sccc34)ccc2)n1.[Pt]. The minimum absolute atomic E-state index is 0. The smallest absolute Gasteiger partial charge is 0.300 e. The number of rotatable bonds is 4. The first kappa shape index (κ1) is 21.3. The molecule has 0 saturated carbocycles. The first-order chi connectivity index (χ1) is 15.8. The van der Waals surface area contributed by atoms with Crippen LogP contribution < -0.4 is 4.74 Å². The first-order valence-electron chi connectivity index (χ1n) is 9.93. The van der Waals surface area contributed by atoms with Gasteiger partial charge in [-0.2, -0.15) is 9.97 Å². The minimum atomic E-state index is -0.126. The predicted molar refractivity (Wildman–Crippen MR) is 124 cm³/mol. The van der Waals surface area contributed by atoms with Gasteiger partial charge in [0.2, 0.25) is 5.88 Å². The molecule has 0 aliphatic carbocycles. The van der Waals surface area contributed by atoms with E-state index in [1.165, 1.54) is 4.70 Å². The van der Waals surface area contributed by atoms with E-state index in [2.05, 4.69) is 32.5 Å². The molecule has 0 aliphatic heterocycles. The zero-order valence-corrected chi connectivity index (χ0v) is 20.0. The summed E-state index contributed by atoms with van der Waals surface area (Å²) in [7, 11) is 0. The number of fused-ring (bicyclic) bond motifs is 2. The molecule has 0 atom stereocenters. The largest absolute Gasteiger partial charge is 0.480 e. The summed E-state index contributed by atoms with van der Waals surface area (Å²) < 4.78 is 8.78. The van der Waals surface area contributed by atoms with Gasteiger partial charge in [-0.3, -0.25) is 0 Å². The molecule has 33 heavy (non-hydrogen) atoms. The van der Waals surface area contributed by atoms with Gasteiger partial charge >= 0.3 is 6.01 Å². The topological polar surface area (TPSA) is 73.1 Å². The Kier molecular flexibility index (Phi) is 5.66. The summed E-state index contributed by atoms with van der Waals surface area (Å²) in [5.74, 6) is 1.42. The summed E-state index contributed by atoms with van der Waals surface area (Å²) in [6.07, 6.45) is 1.81. The average Bonchev–Trinajstić information content (AvgIpc) is 3.43. The number of thiophene rings is 1. The van der Waals surface area contributed by atoms with Gasteiger partial charge in [0.25, 0.3) is 0 Å². The molecule has 1 N–H and O–H groups in total. The molecule has 0 amide bonds. The van der Waals surface area contributed by atoms with E-state index in [-0.39, 0.29) is 27.1 Å². The molecule has 6 aromatic rings. The van der Waals surface area contributed by atoms with Crippen molar-refractivity contribution in [2.45, 2.75) is 0 Å². The molecule has 6 rings (SSSR count). The van der Waals surface area contributed by atoms with Crippen molar-refractivity contribution in [3.63, 3.8) is 0 Å². The maximum absolute atomic E-state index is 10.4. The van der Waals surface area contributed by atoms with E-state index in [1.54, 1.807) is 28.0 Å². The Balaban J connectivity index is 0.00000228. The van der Waals surface area contributed by atoms with Crippen LogP contribution in [0.5, 0.6) is 17.6 Å². The molecule has 0 saturated heterocycles. The maximum atomic E-state index is 10.4. The Morgan fingerprint density at radius 2 is 1.79 bits per heavy atom. The summed E-state index contributed by atoms with van der Waals surface area (Å²) in [5.41, 5.74) is 3.17. The number of hydrogen-bond donors (Lipinski definition) is 1. The molecule has 4 heterocycles. The van der Waals surface area contributed by atoms with Crippen LogP contribution in [-0.2, 0) is 21.1 Å². The third kappa shape index (κ3) is 3.90. The van der Waals surface area contributed by atoms with E-state index in [4.69, 9.17) is 4.74 Å². The van der Waals surface area contributed by atoms with Crippen LogP contribution in [0, 0.1) is 6.07 Å². The Hall–Kier alpha value is -3.54. The minimum Gasteiger partial charge on any atom is -0.480 e. The van der Waals surface area contributed by atoms with E-state index in [1.807, 2.05) is 60.8 Å². The third-order valence-corrected chi connectivity index (χ3v) is 5.98.